The lowest BCUT2D eigenvalue weighted by molar-refractivity contribution is -0.137. The highest BCUT2D eigenvalue weighted by molar-refractivity contribution is 5.81. The second-order valence-electron chi connectivity index (χ2n) is 8.33. The van der Waals surface area contributed by atoms with Gasteiger partial charge in [-0.05, 0) is 23.8 Å². The van der Waals surface area contributed by atoms with Gasteiger partial charge in [0.2, 0.25) is 0 Å². The highest BCUT2D eigenvalue weighted by atomic mass is 16.5. The summed E-state index contributed by atoms with van der Waals surface area (Å²) in [5, 5.41) is 3.38. The van der Waals surface area contributed by atoms with Crippen LogP contribution >= 0.6 is 0 Å². The van der Waals surface area contributed by atoms with Gasteiger partial charge in [-0.2, -0.15) is 0 Å². The van der Waals surface area contributed by atoms with Crippen LogP contribution in [0.3, 0.4) is 0 Å². The molecule has 0 unspecified atom stereocenters. The molecule has 0 spiro atoms. The summed E-state index contributed by atoms with van der Waals surface area (Å²) in [6.45, 7) is 8.10. The molecule has 0 saturated carbocycles. The molecular weight excluding hydrogens is 400 g/mol. The van der Waals surface area contributed by atoms with Crippen molar-refractivity contribution < 1.29 is 9.53 Å². The molecule has 1 aliphatic heterocycles. The van der Waals surface area contributed by atoms with E-state index in [2.05, 4.69) is 44.4 Å². The van der Waals surface area contributed by atoms with E-state index in [1.807, 2.05) is 56.3 Å². The number of nitrogens with zero attached hydrogens (tertiary/aromatic N) is 3. The summed E-state index contributed by atoms with van der Waals surface area (Å²) in [7, 11) is 0. The van der Waals surface area contributed by atoms with E-state index >= 15 is 0 Å². The minimum atomic E-state index is -0.266. The van der Waals surface area contributed by atoms with Crippen LogP contribution in [0.2, 0.25) is 0 Å². The normalized spacial score (nSPS) is 14.4. The largest absolute Gasteiger partial charge is 0.420 e. The zero-order valence-electron chi connectivity index (χ0n) is 18.7. The number of aromatic nitrogens is 1. The first kappa shape index (κ1) is 21.8. The molecule has 6 nitrogen and oxygen atoms in total. The van der Waals surface area contributed by atoms with Crippen molar-refractivity contribution in [3.8, 4) is 5.75 Å². The molecule has 1 N–H and O–H groups in total. The van der Waals surface area contributed by atoms with Crippen molar-refractivity contribution in [1.29, 1.82) is 0 Å². The number of benzene rings is 2. The molecule has 0 atom stereocenters. The van der Waals surface area contributed by atoms with E-state index in [1.165, 1.54) is 5.56 Å². The van der Waals surface area contributed by atoms with Crippen molar-refractivity contribution in [3.63, 3.8) is 0 Å². The van der Waals surface area contributed by atoms with Gasteiger partial charge < -0.3 is 15.0 Å². The average Bonchev–Trinajstić information content (AvgIpc) is 2.82. The Balaban J connectivity index is 1.53. The van der Waals surface area contributed by atoms with E-state index in [4.69, 9.17) is 4.74 Å². The Morgan fingerprint density at radius 3 is 2.28 bits per heavy atom. The minimum absolute atomic E-state index is 0.227. The van der Waals surface area contributed by atoms with Gasteiger partial charge in [0, 0.05) is 44.6 Å². The fourth-order valence-electron chi connectivity index (χ4n) is 3.72. The molecular formula is C26H30N4O2. The van der Waals surface area contributed by atoms with Gasteiger partial charge in [0.05, 0.1) is 11.6 Å². The van der Waals surface area contributed by atoms with E-state index in [0.717, 1.165) is 44.1 Å². The van der Waals surface area contributed by atoms with Crippen molar-refractivity contribution in [3.05, 3.63) is 78.5 Å². The number of para-hydroxylation sites is 1. The summed E-state index contributed by atoms with van der Waals surface area (Å²) < 4.78 is 5.87. The Labute approximate surface area is 189 Å². The van der Waals surface area contributed by atoms with Gasteiger partial charge in [-0.25, -0.2) is 4.98 Å². The summed E-state index contributed by atoms with van der Waals surface area (Å²) in [4.78, 5) is 21.8. The van der Waals surface area contributed by atoms with Gasteiger partial charge in [-0.15, -0.1) is 0 Å². The molecule has 1 aromatic heterocycles. The van der Waals surface area contributed by atoms with E-state index in [-0.39, 0.29) is 11.9 Å². The molecule has 1 fully saturated rings. The van der Waals surface area contributed by atoms with Crippen LogP contribution in [0.15, 0.2) is 72.9 Å². The summed E-state index contributed by atoms with van der Waals surface area (Å²) in [5.74, 6) is 0.708. The number of hydrogen-bond donors (Lipinski definition) is 1. The Kier molecular flexibility index (Phi) is 7.02. The molecule has 2 heterocycles. The maximum atomic E-state index is 12.5. The first-order valence-electron chi connectivity index (χ1n) is 11.1. The Bertz CT molecular complexity index is 1020. The molecule has 0 amide bonds. The summed E-state index contributed by atoms with van der Waals surface area (Å²) in [6.07, 6.45) is 1.77. The number of anilines is 3. The summed E-state index contributed by atoms with van der Waals surface area (Å²) >= 11 is 0. The molecule has 0 aliphatic carbocycles. The zero-order valence-corrected chi connectivity index (χ0v) is 18.7. The maximum absolute atomic E-state index is 12.5. The molecule has 0 bridgehead atoms. The lowest BCUT2D eigenvalue weighted by Crippen LogP contribution is -2.46. The molecule has 3 aromatic rings. The molecule has 32 heavy (non-hydrogen) atoms. The highest BCUT2D eigenvalue weighted by Gasteiger charge is 2.25. The number of rotatable bonds is 7. The minimum Gasteiger partial charge on any atom is -0.420 e. The van der Waals surface area contributed by atoms with Gasteiger partial charge in [0.1, 0.15) is 0 Å². The third-order valence-electron chi connectivity index (χ3n) is 5.53. The smallest absolute Gasteiger partial charge is 0.313 e. The van der Waals surface area contributed by atoms with Crippen molar-refractivity contribution in [1.82, 2.24) is 9.88 Å². The predicted molar refractivity (Wildman–Crippen MR) is 128 cm³/mol. The number of hydrogen-bond acceptors (Lipinski definition) is 6. The van der Waals surface area contributed by atoms with Crippen LogP contribution in [-0.2, 0) is 11.3 Å². The lowest BCUT2D eigenvalue weighted by atomic mass is 10.2. The number of carbonyl (C=O) groups excluding carboxylic acids is 1. The van der Waals surface area contributed by atoms with Crippen LogP contribution in [0.25, 0.3) is 0 Å². The second-order valence-corrected chi connectivity index (χ2v) is 8.33. The molecule has 6 heteroatoms. The van der Waals surface area contributed by atoms with Crippen LogP contribution in [0, 0.1) is 5.92 Å². The van der Waals surface area contributed by atoms with E-state index in [0.29, 0.717) is 11.6 Å². The molecule has 1 saturated heterocycles. The fraction of sp³-hybridized carbons (Fsp3) is 0.308. The van der Waals surface area contributed by atoms with Crippen LogP contribution in [0.4, 0.5) is 17.2 Å². The average molecular weight is 431 g/mol. The highest BCUT2D eigenvalue weighted by Crippen LogP contribution is 2.36. The van der Waals surface area contributed by atoms with Gasteiger partial charge in [-0.1, -0.05) is 62.4 Å². The quantitative estimate of drug-likeness (QED) is 0.548. The van der Waals surface area contributed by atoms with E-state index < -0.39 is 0 Å². The lowest BCUT2D eigenvalue weighted by Gasteiger charge is -2.36. The molecule has 0 radical (unpaired) electrons. The number of esters is 1. The van der Waals surface area contributed by atoms with Gasteiger partial charge in [-0.3, -0.25) is 9.69 Å². The first-order valence-corrected chi connectivity index (χ1v) is 11.1. The zero-order chi connectivity index (χ0) is 22.3. The molecule has 166 valence electrons. The third kappa shape index (κ3) is 5.45. The van der Waals surface area contributed by atoms with Crippen LogP contribution in [0.5, 0.6) is 5.75 Å². The molecule has 1 aliphatic rings. The number of piperazine rings is 1. The Hall–Kier alpha value is -3.38. The van der Waals surface area contributed by atoms with E-state index in [1.54, 1.807) is 6.20 Å². The molecule has 2 aromatic carbocycles. The standard InChI is InChI=1S/C26H30N4O2/c1-20(2)26(31)32-24-23(28-22-11-7-4-8-12-22)13-14-27-25(24)30-17-15-29(16-18-30)19-21-9-5-3-6-10-21/h3-14,20H,15-19H2,1-2H3,(H,27,28). The number of ether oxygens (including phenoxy) is 1. The topological polar surface area (TPSA) is 57.7 Å². The van der Waals surface area contributed by atoms with Crippen LogP contribution < -0.4 is 15.0 Å². The van der Waals surface area contributed by atoms with Gasteiger partial charge >= 0.3 is 5.97 Å². The fourth-order valence-corrected chi connectivity index (χ4v) is 3.72. The predicted octanol–water partition coefficient (Wildman–Crippen LogP) is 4.71. The second kappa shape index (κ2) is 10.3. The van der Waals surface area contributed by atoms with Crippen molar-refractivity contribution in [2.45, 2.75) is 20.4 Å². The van der Waals surface area contributed by atoms with Crippen molar-refractivity contribution >= 4 is 23.2 Å². The number of carbonyl (C=O) groups is 1. The Morgan fingerprint density at radius 2 is 1.62 bits per heavy atom. The van der Waals surface area contributed by atoms with Crippen molar-refractivity contribution in [2.75, 3.05) is 36.4 Å². The SMILES string of the molecule is CC(C)C(=O)Oc1c(Nc2ccccc2)ccnc1N1CCN(Cc2ccccc2)CC1. The number of nitrogens with one attached hydrogen (secondary N) is 1. The first-order chi connectivity index (χ1) is 15.6. The summed E-state index contributed by atoms with van der Waals surface area (Å²) in [6, 6.07) is 22.3. The van der Waals surface area contributed by atoms with Gasteiger partial charge in [0.15, 0.2) is 11.6 Å². The van der Waals surface area contributed by atoms with E-state index in [9.17, 15) is 4.79 Å². The van der Waals surface area contributed by atoms with Crippen LogP contribution in [0.1, 0.15) is 19.4 Å². The van der Waals surface area contributed by atoms with Crippen molar-refractivity contribution in [2.24, 2.45) is 5.92 Å². The third-order valence-corrected chi connectivity index (χ3v) is 5.53. The monoisotopic (exact) mass is 430 g/mol. The van der Waals surface area contributed by atoms with Crippen LogP contribution in [-0.4, -0.2) is 42.0 Å². The molecule has 4 rings (SSSR count). The number of pyridine rings is 1. The van der Waals surface area contributed by atoms with Gasteiger partial charge in [0.25, 0.3) is 0 Å². The summed E-state index contributed by atoms with van der Waals surface area (Å²) in [5.41, 5.74) is 2.99. The maximum Gasteiger partial charge on any atom is 0.313 e. The Morgan fingerprint density at radius 1 is 0.969 bits per heavy atom.